The molecule has 0 radical (unpaired) electrons. The molecular formula is C29H41NO8. The zero-order chi connectivity index (χ0) is 27.6. The summed E-state index contributed by atoms with van der Waals surface area (Å²) in [6.07, 6.45) is 1.21. The molecule has 210 valence electrons. The van der Waals surface area contributed by atoms with Crippen LogP contribution in [0.1, 0.15) is 64.4 Å². The first-order chi connectivity index (χ1) is 18.0. The summed E-state index contributed by atoms with van der Waals surface area (Å²) in [5.74, 6) is -2.05. The van der Waals surface area contributed by atoms with Crippen LogP contribution >= 0.6 is 0 Å². The average molecular weight is 532 g/mol. The van der Waals surface area contributed by atoms with E-state index in [9.17, 15) is 19.8 Å². The van der Waals surface area contributed by atoms with E-state index >= 15 is 0 Å². The lowest BCUT2D eigenvalue weighted by molar-refractivity contribution is -0.173. The molecule has 4 aliphatic rings. The molecule has 1 aromatic heterocycles. The second-order valence-corrected chi connectivity index (χ2v) is 12.2. The maximum absolute atomic E-state index is 13.1. The van der Waals surface area contributed by atoms with Gasteiger partial charge < -0.3 is 34.1 Å². The summed E-state index contributed by atoms with van der Waals surface area (Å²) in [6, 6.07) is 3.40. The minimum atomic E-state index is -0.884. The molecule has 3 heterocycles. The van der Waals surface area contributed by atoms with Gasteiger partial charge in [0.15, 0.2) is 6.10 Å². The normalized spacial score (nSPS) is 46.8. The summed E-state index contributed by atoms with van der Waals surface area (Å²) >= 11 is 0. The van der Waals surface area contributed by atoms with E-state index in [1.54, 1.807) is 25.3 Å². The largest absolute Gasteiger partial charge is 0.457 e. The molecule has 0 unspecified atom stereocenters. The summed E-state index contributed by atoms with van der Waals surface area (Å²) in [7, 11) is 1.49. The monoisotopic (exact) mass is 531 g/mol. The summed E-state index contributed by atoms with van der Waals surface area (Å²) in [6.45, 7) is 9.58. The standard InChI is InChI=1S/C29H41NO8/c1-14-12-15(2)29-18(13-20(35-6)27(34)36-22(14)17(4)31)9-10-28(5)24(29)21(32)16(3)23(25(28)38-29)37-26(33)19-8-7-11-30-19/h7-8,11-12,14,16-18,20-25,30-32H,9-10,13H2,1-6H3/b15-12+/t14-,16-,17-,18-,20+,21-,22+,23-,24-,25+,28-,29+/m1/s1. The Kier molecular flexibility index (Phi) is 7.03. The molecule has 0 aromatic carbocycles. The molecule has 2 aliphatic carbocycles. The molecule has 4 bridgehead atoms. The lowest BCUT2D eigenvalue weighted by Gasteiger charge is -2.55. The van der Waals surface area contributed by atoms with Crippen molar-refractivity contribution < 1.29 is 38.7 Å². The Bertz CT molecular complexity index is 1080. The van der Waals surface area contributed by atoms with Crippen LogP contribution in [-0.2, 0) is 23.7 Å². The lowest BCUT2D eigenvalue weighted by Crippen LogP contribution is -2.62. The van der Waals surface area contributed by atoms with Crippen LogP contribution in [0.5, 0.6) is 0 Å². The van der Waals surface area contributed by atoms with Gasteiger partial charge in [-0.2, -0.15) is 0 Å². The Labute approximate surface area is 223 Å². The number of aliphatic hydroxyl groups is 2. The van der Waals surface area contributed by atoms with E-state index in [0.29, 0.717) is 12.1 Å². The number of carbonyl (C=O) groups is 2. The van der Waals surface area contributed by atoms with Crippen LogP contribution < -0.4 is 0 Å². The number of esters is 2. The summed E-state index contributed by atoms with van der Waals surface area (Å²) in [4.78, 5) is 29.0. The second kappa shape index (κ2) is 9.77. The molecule has 9 nitrogen and oxygen atoms in total. The van der Waals surface area contributed by atoms with Crippen molar-refractivity contribution >= 4 is 11.9 Å². The SMILES string of the molecule is CO[C@H]1C[C@H]2CC[C@]3(C)[C@H]4[C@H](O)[C@@H](C)[C@@H](OC(=O)c5ccc[nH]5)[C@@H]3O[C@@]24/C(C)=C/[C@@H](C)[C@@H]([C@@H](C)O)OC1=O. The third kappa shape index (κ3) is 3.96. The van der Waals surface area contributed by atoms with Gasteiger partial charge in [-0.3, -0.25) is 0 Å². The first kappa shape index (κ1) is 27.4. The quantitative estimate of drug-likeness (QED) is 0.400. The van der Waals surface area contributed by atoms with Crippen molar-refractivity contribution in [1.82, 2.24) is 4.98 Å². The highest BCUT2D eigenvalue weighted by Crippen LogP contribution is 2.68. The molecule has 38 heavy (non-hydrogen) atoms. The third-order valence-electron chi connectivity index (χ3n) is 9.96. The molecular weight excluding hydrogens is 490 g/mol. The van der Waals surface area contributed by atoms with Gasteiger partial charge >= 0.3 is 11.9 Å². The summed E-state index contributed by atoms with van der Waals surface area (Å²) in [5.41, 5.74) is -0.0389. The number of aromatic amines is 1. The smallest absolute Gasteiger partial charge is 0.355 e. The highest BCUT2D eigenvalue weighted by molar-refractivity contribution is 5.87. The number of carbonyl (C=O) groups excluding carboxylic acids is 2. The number of methoxy groups -OCH3 is 1. The topological polar surface area (TPSA) is 127 Å². The van der Waals surface area contributed by atoms with Gasteiger partial charge in [0, 0.05) is 36.5 Å². The fourth-order valence-electron chi connectivity index (χ4n) is 8.08. The number of cyclic esters (lactones) is 1. The van der Waals surface area contributed by atoms with Crippen molar-refractivity contribution in [2.75, 3.05) is 7.11 Å². The van der Waals surface area contributed by atoms with Crippen molar-refractivity contribution in [2.45, 2.75) is 96.1 Å². The van der Waals surface area contributed by atoms with Gasteiger partial charge in [0.05, 0.1) is 17.8 Å². The molecule has 2 saturated carbocycles. The lowest BCUT2D eigenvalue weighted by atomic mass is 9.49. The molecule has 0 amide bonds. The van der Waals surface area contributed by atoms with Crippen molar-refractivity contribution in [1.29, 1.82) is 0 Å². The fraction of sp³-hybridized carbons (Fsp3) is 0.724. The number of H-pyrrole nitrogens is 1. The van der Waals surface area contributed by atoms with Crippen LogP contribution in [-0.4, -0.2) is 76.5 Å². The van der Waals surface area contributed by atoms with Crippen LogP contribution in [0.4, 0.5) is 0 Å². The Morgan fingerprint density at radius 1 is 1.32 bits per heavy atom. The van der Waals surface area contributed by atoms with E-state index in [1.807, 2.05) is 26.8 Å². The van der Waals surface area contributed by atoms with Crippen LogP contribution in [0, 0.1) is 29.1 Å². The second-order valence-electron chi connectivity index (χ2n) is 12.2. The van der Waals surface area contributed by atoms with Gasteiger partial charge in [-0.1, -0.05) is 26.8 Å². The van der Waals surface area contributed by atoms with Gasteiger partial charge in [-0.25, -0.2) is 9.59 Å². The highest BCUT2D eigenvalue weighted by atomic mass is 16.6. The van der Waals surface area contributed by atoms with Crippen molar-refractivity contribution in [3.63, 3.8) is 0 Å². The number of rotatable bonds is 4. The predicted octanol–water partition coefficient (Wildman–Crippen LogP) is 3.01. The Balaban J connectivity index is 1.60. The first-order valence-electron chi connectivity index (χ1n) is 13.8. The van der Waals surface area contributed by atoms with Crippen LogP contribution in [0.2, 0.25) is 0 Å². The van der Waals surface area contributed by atoms with Gasteiger partial charge in [-0.15, -0.1) is 0 Å². The van der Waals surface area contributed by atoms with E-state index < -0.39 is 59.6 Å². The van der Waals surface area contributed by atoms with Crippen LogP contribution in [0.15, 0.2) is 30.0 Å². The van der Waals surface area contributed by atoms with Crippen LogP contribution in [0.3, 0.4) is 0 Å². The zero-order valence-electron chi connectivity index (χ0n) is 23.0. The Morgan fingerprint density at radius 3 is 2.68 bits per heavy atom. The van der Waals surface area contributed by atoms with Crippen molar-refractivity contribution in [3.8, 4) is 0 Å². The van der Waals surface area contributed by atoms with Gasteiger partial charge in [0.1, 0.15) is 24.0 Å². The van der Waals surface area contributed by atoms with Gasteiger partial charge in [0.25, 0.3) is 0 Å². The summed E-state index contributed by atoms with van der Waals surface area (Å²) < 4.78 is 24.5. The molecule has 1 spiro atoms. The minimum Gasteiger partial charge on any atom is -0.457 e. The number of hydrogen-bond acceptors (Lipinski definition) is 8. The molecule has 9 heteroatoms. The number of aromatic nitrogens is 1. The van der Waals surface area contributed by atoms with E-state index in [0.717, 1.165) is 18.4 Å². The fourth-order valence-corrected chi connectivity index (χ4v) is 8.08. The zero-order valence-corrected chi connectivity index (χ0v) is 23.0. The molecule has 5 rings (SSSR count). The molecule has 3 N–H and O–H groups in total. The maximum Gasteiger partial charge on any atom is 0.355 e. The maximum atomic E-state index is 13.1. The van der Waals surface area contributed by atoms with E-state index in [4.69, 9.17) is 18.9 Å². The van der Waals surface area contributed by atoms with Crippen molar-refractivity contribution in [3.05, 3.63) is 35.7 Å². The van der Waals surface area contributed by atoms with E-state index in [1.165, 1.54) is 7.11 Å². The van der Waals surface area contributed by atoms with Gasteiger partial charge in [0.2, 0.25) is 0 Å². The Hall–Kier alpha value is -2.20. The van der Waals surface area contributed by atoms with Crippen LogP contribution in [0.25, 0.3) is 0 Å². The first-order valence-corrected chi connectivity index (χ1v) is 13.8. The van der Waals surface area contributed by atoms with Crippen molar-refractivity contribution in [2.24, 2.45) is 29.1 Å². The highest BCUT2D eigenvalue weighted by Gasteiger charge is 2.74. The number of aliphatic hydroxyl groups excluding tert-OH is 2. The van der Waals surface area contributed by atoms with Gasteiger partial charge in [-0.05, 0) is 56.7 Å². The molecule has 2 aliphatic heterocycles. The molecule has 3 fully saturated rings. The summed E-state index contributed by atoms with van der Waals surface area (Å²) in [5, 5.41) is 22.3. The Morgan fingerprint density at radius 2 is 2.05 bits per heavy atom. The molecule has 12 atom stereocenters. The number of ether oxygens (including phenoxy) is 4. The van der Waals surface area contributed by atoms with E-state index in [-0.39, 0.29) is 23.7 Å². The molecule has 1 aromatic rings. The molecule has 1 saturated heterocycles. The minimum absolute atomic E-state index is 0.130. The number of nitrogens with one attached hydrogen (secondary N) is 1. The number of hydrogen-bond donors (Lipinski definition) is 3. The average Bonchev–Trinajstić information content (AvgIpc) is 3.45. The predicted molar refractivity (Wildman–Crippen MR) is 137 cm³/mol. The third-order valence-corrected chi connectivity index (χ3v) is 9.96. The van der Waals surface area contributed by atoms with E-state index in [2.05, 4.69) is 11.9 Å².